The molecule has 0 spiro atoms. The number of ether oxygens (including phenoxy) is 2. The Bertz CT molecular complexity index is 1320. The van der Waals surface area contributed by atoms with E-state index in [-0.39, 0.29) is 31.3 Å². The number of thiophene rings is 1. The highest BCUT2D eigenvalue weighted by Gasteiger charge is 2.35. The molecule has 4 rings (SSSR count). The highest BCUT2D eigenvalue weighted by molar-refractivity contribution is 7.45. The molecular weight excluding hydrogens is 505 g/mol. The first kappa shape index (κ1) is 26.5. The molecule has 0 aliphatic carbocycles. The van der Waals surface area contributed by atoms with Crippen molar-refractivity contribution < 1.29 is 23.3 Å². The van der Waals surface area contributed by atoms with Crippen LogP contribution in [-0.2, 0) is 18.8 Å². The first-order chi connectivity index (χ1) is 17.2. The monoisotopic (exact) mass is 535 g/mol. The van der Waals surface area contributed by atoms with Gasteiger partial charge in [-0.15, -0.1) is 11.3 Å². The smallest absolute Gasteiger partial charge is 0.330 e. The number of carbonyl (C=O) groups excluding carboxylic acids is 1. The predicted octanol–water partition coefficient (Wildman–Crippen LogP) is 3.85. The van der Waals surface area contributed by atoms with Crippen LogP contribution in [0.4, 0.5) is 0 Å². The zero-order chi connectivity index (χ0) is 25.8. The molecule has 1 aliphatic rings. The quantitative estimate of drug-likeness (QED) is 0.297. The van der Waals surface area contributed by atoms with Gasteiger partial charge in [-0.2, -0.15) is 0 Å². The van der Waals surface area contributed by atoms with Crippen molar-refractivity contribution in [3.05, 3.63) is 62.2 Å². The van der Waals surface area contributed by atoms with Crippen LogP contribution in [0.5, 0.6) is 5.75 Å². The topological polar surface area (TPSA) is 121 Å². The van der Waals surface area contributed by atoms with Crippen LogP contribution in [0.1, 0.15) is 39.0 Å². The van der Waals surface area contributed by atoms with Crippen LogP contribution in [0.2, 0.25) is 0 Å². The summed E-state index contributed by atoms with van der Waals surface area (Å²) < 4.78 is 26.1. The van der Waals surface area contributed by atoms with Crippen molar-refractivity contribution in [1.29, 1.82) is 0 Å². The lowest BCUT2D eigenvalue weighted by atomic mass is 10.1. The Kier molecular flexibility index (Phi) is 8.58. The molecule has 1 aromatic carbocycles. The molecule has 36 heavy (non-hydrogen) atoms. The number of benzene rings is 1. The molecule has 4 unspecified atom stereocenters. The molecule has 1 saturated heterocycles. The molecule has 2 aromatic heterocycles. The van der Waals surface area contributed by atoms with E-state index in [9.17, 15) is 14.4 Å². The molecule has 2 N–H and O–H groups in total. The average Bonchev–Trinajstić information content (AvgIpc) is 3.38. The van der Waals surface area contributed by atoms with Gasteiger partial charge in [0, 0.05) is 28.3 Å². The van der Waals surface area contributed by atoms with E-state index in [0.29, 0.717) is 12.2 Å². The summed E-state index contributed by atoms with van der Waals surface area (Å²) in [6.45, 7) is 7.69. The molecule has 3 heterocycles. The summed E-state index contributed by atoms with van der Waals surface area (Å²) in [7, 11) is -1.71. The summed E-state index contributed by atoms with van der Waals surface area (Å²) >= 11 is 1.64. The van der Waals surface area contributed by atoms with Gasteiger partial charge in [0.1, 0.15) is 18.5 Å². The highest BCUT2D eigenvalue weighted by atomic mass is 32.1. The molecule has 1 fully saturated rings. The Labute approximate surface area is 213 Å². The summed E-state index contributed by atoms with van der Waals surface area (Å²) in [4.78, 5) is 38.0. The highest BCUT2D eigenvalue weighted by Crippen LogP contribution is 2.42. The number of carbonyl (C=O) groups is 1. The number of aryl methyl sites for hydroxylation is 1. The number of rotatable bonds is 10. The molecule has 4 atom stereocenters. The second-order valence-electron chi connectivity index (χ2n) is 8.94. The molecule has 194 valence electrons. The number of hydrogen-bond donors (Lipinski definition) is 2. The van der Waals surface area contributed by atoms with E-state index in [1.165, 1.54) is 16.8 Å². The van der Waals surface area contributed by atoms with E-state index < -0.39 is 32.0 Å². The molecular formula is C24H30N3O7PS. The van der Waals surface area contributed by atoms with Gasteiger partial charge < -0.3 is 18.5 Å². The number of hydrogen-bond acceptors (Lipinski definition) is 9. The van der Waals surface area contributed by atoms with Crippen molar-refractivity contribution in [1.82, 2.24) is 14.6 Å². The van der Waals surface area contributed by atoms with E-state index in [1.807, 2.05) is 32.0 Å². The molecule has 10 nitrogen and oxygen atoms in total. The Morgan fingerprint density at radius 2 is 2.14 bits per heavy atom. The lowest BCUT2D eigenvalue weighted by molar-refractivity contribution is -0.145. The fourth-order valence-corrected chi connectivity index (χ4v) is 6.11. The standard InChI is InChI=1S/C24H30N3O7PS/c1-14(2)32-21(29)11-25-35(34-18-6-5-7-19-22(18)16(4)13-36-19)31-12-17-10-15(3)23(33-17)27-9-8-20(28)26-24(27)30/h5-9,13-15,17,23,25H,10-12H2,1-4H3,(H,26,28,30). The number of nitrogens with zero attached hydrogens (tertiary/aromatic N) is 1. The minimum Gasteiger partial charge on any atom is -0.462 e. The van der Waals surface area contributed by atoms with Gasteiger partial charge in [-0.3, -0.25) is 19.1 Å². The first-order valence-corrected chi connectivity index (χ1v) is 13.7. The predicted molar refractivity (Wildman–Crippen MR) is 138 cm³/mol. The van der Waals surface area contributed by atoms with Crippen molar-refractivity contribution in [2.75, 3.05) is 13.2 Å². The number of nitrogens with one attached hydrogen (secondary N) is 2. The van der Waals surface area contributed by atoms with Crippen molar-refractivity contribution in [3.63, 3.8) is 0 Å². The maximum Gasteiger partial charge on any atom is 0.330 e. The maximum atomic E-state index is 12.2. The number of aromatic nitrogens is 2. The molecule has 3 aromatic rings. The fraction of sp³-hybridized carbons (Fsp3) is 0.458. The van der Waals surface area contributed by atoms with E-state index in [1.54, 1.807) is 25.2 Å². The lowest BCUT2D eigenvalue weighted by Crippen LogP contribution is -2.33. The molecule has 0 amide bonds. The zero-order valence-electron chi connectivity index (χ0n) is 20.6. The minimum absolute atomic E-state index is 0.0190. The zero-order valence-corrected chi connectivity index (χ0v) is 22.3. The maximum absolute atomic E-state index is 12.2. The number of esters is 1. The average molecular weight is 536 g/mol. The van der Waals surface area contributed by atoms with Crippen molar-refractivity contribution >= 4 is 35.9 Å². The number of H-pyrrole nitrogens is 1. The summed E-state index contributed by atoms with van der Waals surface area (Å²) in [5.74, 6) is 0.281. The van der Waals surface area contributed by atoms with Gasteiger partial charge >= 0.3 is 20.2 Å². The second kappa shape index (κ2) is 11.7. The van der Waals surface area contributed by atoms with Gasteiger partial charge in [-0.25, -0.2) is 9.88 Å². The Morgan fingerprint density at radius 3 is 2.89 bits per heavy atom. The summed E-state index contributed by atoms with van der Waals surface area (Å²) in [5.41, 5.74) is 0.125. The van der Waals surface area contributed by atoms with Gasteiger partial charge in [0.25, 0.3) is 5.56 Å². The van der Waals surface area contributed by atoms with Crippen molar-refractivity contribution in [3.8, 4) is 5.75 Å². The molecule has 12 heteroatoms. The Morgan fingerprint density at radius 1 is 1.33 bits per heavy atom. The second-order valence-corrected chi connectivity index (χ2v) is 11.1. The third kappa shape index (κ3) is 6.41. The van der Waals surface area contributed by atoms with Gasteiger partial charge in [-0.1, -0.05) is 13.0 Å². The number of aromatic amines is 1. The van der Waals surface area contributed by atoms with Crippen LogP contribution < -0.4 is 20.9 Å². The van der Waals surface area contributed by atoms with Crippen LogP contribution in [0, 0.1) is 12.8 Å². The van der Waals surface area contributed by atoms with Crippen LogP contribution in [0.15, 0.2) is 45.4 Å². The van der Waals surface area contributed by atoms with Gasteiger partial charge in [-0.05, 0) is 50.3 Å². The minimum atomic E-state index is -1.71. The third-order valence-corrected chi connectivity index (χ3v) is 7.83. The molecule has 0 bridgehead atoms. The van der Waals surface area contributed by atoms with E-state index >= 15 is 0 Å². The van der Waals surface area contributed by atoms with E-state index in [2.05, 4.69) is 15.5 Å². The summed E-state index contributed by atoms with van der Waals surface area (Å²) in [6.07, 6.45) is 1.03. The van der Waals surface area contributed by atoms with Crippen LogP contribution >= 0.6 is 19.9 Å². The van der Waals surface area contributed by atoms with Gasteiger partial charge in [0.15, 0.2) is 0 Å². The molecule has 0 radical (unpaired) electrons. The van der Waals surface area contributed by atoms with E-state index in [0.717, 1.165) is 15.6 Å². The van der Waals surface area contributed by atoms with Crippen molar-refractivity contribution in [2.45, 2.75) is 52.6 Å². The third-order valence-electron chi connectivity index (χ3n) is 5.60. The van der Waals surface area contributed by atoms with Crippen LogP contribution in [0.3, 0.4) is 0 Å². The largest absolute Gasteiger partial charge is 0.462 e. The summed E-state index contributed by atoms with van der Waals surface area (Å²) in [5, 5.41) is 6.12. The Hall–Kier alpha value is -2.56. The van der Waals surface area contributed by atoms with Crippen LogP contribution in [-0.4, -0.2) is 40.9 Å². The normalized spacial score (nSPS) is 20.6. The summed E-state index contributed by atoms with van der Waals surface area (Å²) in [6, 6.07) is 7.12. The fourth-order valence-electron chi connectivity index (χ4n) is 4.06. The van der Waals surface area contributed by atoms with Gasteiger partial charge in [0.05, 0.1) is 18.8 Å². The first-order valence-electron chi connectivity index (χ1n) is 11.7. The molecule has 0 saturated carbocycles. The lowest BCUT2D eigenvalue weighted by Gasteiger charge is -2.21. The molecule has 1 aliphatic heterocycles. The van der Waals surface area contributed by atoms with Crippen LogP contribution in [0.25, 0.3) is 10.1 Å². The van der Waals surface area contributed by atoms with Crippen molar-refractivity contribution in [2.24, 2.45) is 5.92 Å². The number of fused-ring (bicyclic) bond motifs is 1. The SMILES string of the molecule is Cc1csc2cccc(OP(NCC(=O)OC(C)C)OCC3CC(C)C(n4ccc(=O)[nH]c4=O)O3)c12. The van der Waals surface area contributed by atoms with E-state index in [4.69, 9.17) is 18.5 Å². The van der Waals surface area contributed by atoms with Gasteiger partial charge in [0.2, 0.25) is 0 Å². The Balaban J connectivity index is 1.45.